The highest BCUT2D eigenvalue weighted by molar-refractivity contribution is 9.10. The van der Waals surface area contributed by atoms with E-state index in [0.29, 0.717) is 11.7 Å². The van der Waals surface area contributed by atoms with Crippen LogP contribution in [0.15, 0.2) is 27.4 Å². The van der Waals surface area contributed by atoms with Crippen molar-refractivity contribution in [3.8, 4) is 11.1 Å². The predicted molar refractivity (Wildman–Crippen MR) is 92.4 cm³/mol. The summed E-state index contributed by atoms with van der Waals surface area (Å²) in [5.74, 6) is 1.81. The molecule has 3 aromatic rings. The maximum atomic E-state index is 6.29. The lowest BCUT2D eigenvalue weighted by Crippen LogP contribution is -2.29. The molecule has 4 rings (SSSR count). The van der Waals surface area contributed by atoms with Crippen LogP contribution in [0.1, 0.15) is 30.2 Å². The van der Waals surface area contributed by atoms with Crippen molar-refractivity contribution in [1.82, 2.24) is 19.9 Å². The lowest BCUT2D eigenvalue weighted by molar-refractivity contribution is 0.453. The largest absolute Gasteiger partial charge is 0.469 e. The van der Waals surface area contributed by atoms with E-state index in [2.05, 4.69) is 26.3 Å². The molecule has 1 fully saturated rings. The van der Waals surface area contributed by atoms with Crippen molar-refractivity contribution in [3.05, 3.63) is 34.5 Å². The second kappa shape index (κ2) is 5.65. The van der Waals surface area contributed by atoms with Gasteiger partial charge in [0.15, 0.2) is 5.65 Å². The summed E-state index contributed by atoms with van der Waals surface area (Å²) in [7, 11) is 0. The number of hydrogen-bond donors (Lipinski definition) is 2. The topological polar surface area (TPSA) is 81.4 Å². The number of nitrogens with two attached hydrogens (primary N) is 1. The van der Waals surface area contributed by atoms with Crippen LogP contribution in [0.25, 0.3) is 16.8 Å². The zero-order valence-electron chi connectivity index (χ0n) is 12.8. The number of nitrogens with zero attached hydrogens (tertiary/aromatic N) is 3. The number of nitrogen functional groups attached to an aromatic ring is 1. The molecule has 0 amide bonds. The molecule has 3 aromatic heterocycles. The number of furan rings is 1. The Bertz CT molecular complexity index is 863. The summed E-state index contributed by atoms with van der Waals surface area (Å²) in [5.41, 5.74) is 9.97. The molecule has 1 saturated heterocycles. The van der Waals surface area contributed by atoms with Crippen LogP contribution in [-0.4, -0.2) is 27.7 Å². The summed E-state index contributed by atoms with van der Waals surface area (Å²) >= 11 is 3.61. The number of nitrogens with one attached hydrogen (secondary N) is 1. The first-order chi connectivity index (χ1) is 11.1. The van der Waals surface area contributed by atoms with Crippen LogP contribution in [0.3, 0.4) is 0 Å². The molecular weight excluding hydrogens is 358 g/mol. The molecule has 0 spiro atoms. The highest BCUT2D eigenvalue weighted by Gasteiger charge is 2.24. The minimum atomic E-state index is 0.360. The summed E-state index contributed by atoms with van der Waals surface area (Å²) in [6.07, 6.45) is 5.78. The number of hydrogen-bond acceptors (Lipinski definition) is 5. The second-order valence-electron chi connectivity index (χ2n) is 5.98. The van der Waals surface area contributed by atoms with E-state index in [-0.39, 0.29) is 0 Å². The molecule has 0 aromatic carbocycles. The first-order valence-electron chi connectivity index (χ1n) is 7.74. The lowest BCUT2D eigenvalue weighted by Gasteiger charge is -2.23. The molecule has 120 valence electrons. The van der Waals surface area contributed by atoms with Crippen LogP contribution < -0.4 is 11.1 Å². The van der Waals surface area contributed by atoms with Gasteiger partial charge in [0, 0.05) is 23.6 Å². The Kier molecular flexibility index (Phi) is 3.61. The number of halogens is 1. The summed E-state index contributed by atoms with van der Waals surface area (Å²) in [5, 5.41) is 7.83. The predicted octanol–water partition coefficient (Wildman–Crippen LogP) is 3.11. The zero-order chi connectivity index (χ0) is 16.0. The zero-order valence-corrected chi connectivity index (χ0v) is 14.4. The number of aromatic nitrogens is 3. The van der Waals surface area contributed by atoms with Crippen molar-refractivity contribution >= 4 is 27.4 Å². The Labute approximate surface area is 142 Å². The third kappa shape index (κ3) is 2.44. The first kappa shape index (κ1) is 14.7. The average Bonchev–Trinajstić information content (AvgIpc) is 3.17. The van der Waals surface area contributed by atoms with Crippen LogP contribution in [0, 0.1) is 6.92 Å². The second-order valence-corrected chi connectivity index (χ2v) is 6.77. The quantitative estimate of drug-likeness (QED) is 0.718. The van der Waals surface area contributed by atoms with Crippen molar-refractivity contribution in [2.75, 3.05) is 18.8 Å². The maximum Gasteiger partial charge on any atom is 0.165 e. The summed E-state index contributed by atoms with van der Waals surface area (Å²) in [6, 6.07) is 1.98. The van der Waals surface area contributed by atoms with E-state index in [0.717, 1.165) is 58.6 Å². The molecule has 3 N–H and O–H groups in total. The van der Waals surface area contributed by atoms with Crippen LogP contribution in [0.2, 0.25) is 0 Å². The molecule has 1 unspecified atom stereocenters. The van der Waals surface area contributed by atoms with Gasteiger partial charge < -0.3 is 15.5 Å². The molecule has 1 aliphatic rings. The van der Waals surface area contributed by atoms with Crippen LogP contribution in [-0.2, 0) is 0 Å². The van der Waals surface area contributed by atoms with Crippen molar-refractivity contribution in [1.29, 1.82) is 0 Å². The van der Waals surface area contributed by atoms with E-state index >= 15 is 0 Å². The summed E-state index contributed by atoms with van der Waals surface area (Å²) in [6.45, 7) is 3.92. The van der Waals surface area contributed by atoms with Crippen LogP contribution in [0.5, 0.6) is 0 Å². The molecule has 1 aliphatic heterocycles. The minimum absolute atomic E-state index is 0.360. The molecule has 4 heterocycles. The van der Waals surface area contributed by atoms with Gasteiger partial charge in [-0.3, -0.25) is 0 Å². The van der Waals surface area contributed by atoms with Gasteiger partial charge in [0.1, 0.15) is 11.6 Å². The smallest absolute Gasteiger partial charge is 0.165 e. The van der Waals surface area contributed by atoms with Gasteiger partial charge in [0.05, 0.1) is 22.6 Å². The van der Waals surface area contributed by atoms with Crippen molar-refractivity contribution < 1.29 is 4.42 Å². The van der Waals surface area contributed by atoms with E-state index in [1.807, 2.05) is 13.0 Å². The van der Waals surface area contributed by atoms with Gasteiger partial charge >= 0.3 is 0 Å². The molecule has 0 aliphatic carbocycles. The molecule has 1 atom stereocenters. The van der Waals surface area contributed by atoms with Crippen molar-refractivity contribution in [3.63, 3.8) is 0 Å². The molecule has 7 heteroatoms. The average molecular weight is 376 g/mol. The fourth-order valence-electron chi connectivity index (χ4n) is 3.16. The van der Waals surface area contributed by atoms with E-state index in [4.69, 9.17) is 15.1 Å². The maximum absolute atomic E-state index is 6.29. The first-order valence-corrected chi connectivity index (χ1v) is 8.53. The lowest BCUT2D eigenvalue weighted by atomic mass is 9.96. The fourth-order valence-corrected chi connectivity index (χ4v) is 3.74. The normalized spacial score (nSPS) is 18.6. The standard InChI is InChI=1S/C16H18BrN5O/c1-9-5-11(8-23-9)12-7-20-22-15(18)13(17)14(21-16(12)22)10-3-2-4-19-6-10/h5,7-8,10,19H,2-4,6,18H2,1H3. The third-order valence-corrected chi connectivity index (χ3v) is 5.19. The van der Waals surface area contributed by atoms with Gasteiger partial charge in [-0.1, -0.05) is 0 Å². The number of piperidine rings is 1. The van der Waals surface area contributed by atoms with E-state index in [9.17, 15) is 0 Å². The van der Waals surface area contributed by atoms with Crippen LogP contribution >= 0.6 is 15.9 Å². The van der Waals surface area contributed by atoms with E-state index in [1.54, 1.807) is 17.0 Å². The molecule has 6 nitrogen and oxygen atoms in total. The van der Waals surface area contributed by atoms with Crippen LogP contribution in [0.4, 0.5) is 5.82 Å². The molecule has 0 saturated carbocycles. The van der Waals surface area contributed by atoms with Gasteiger partial charge in [-0.15, -0.1) is 0 Å². The Morgan fingerprint density at radius 2 is 2.35 bits per heavy atom. The fraction of sp³-hybridized carbons (Fsp3) is 0.375. The Morgan fingerprint density at radius 3 is 3.04 bits per heavy atom. The molecule has 0 bridgehead atoms. The molecule has 0 radical (unpaired) electrons. The third-order valence-electron chi connectivity index (χ3n) is 4.37. The van der Waals surface area contributed by atoms with Gasteiger partial charge in [-0.05, 0) is 48.3 Å². The number of anilines is 1. The van der Waals surface area contributed by atoms with Gasteiger partial charge in [-0.2, -0.15) is 9.61 Å². The van der Waals surface area contributed by atoms with Crippen molar-refractivity contribution in [2.24, 2.45) is 0 Å². The number of fused-ring (bicyclic) bond motifs is 1. The Hall–Kier alpha value is -1.86. The van der Waals surface area contributed by atoms with Gasteiger partial charge in [-0.25, -0.2) is 4.98 Å². The Balaban J connectivity index is 1.89. The number of rotatable bonds is 2. The minimum Gasteiger partial charge on any atom is -0.469 e. The van der Waals surface area contributed by atoms with E-state index in [1.165, 1.54) is 0 Å². The van der Waals surface area contributed by atoms with Crippen molar-refractivity contribution in [2.45, 2.75) is 25.7 Å². The Morgan fingerprint density at radius 1 is 1.48 bits per heavy atom. The summed E-state index contributed by atoms with van der Waals surface area (Å²) < 4.78 is 7.95. The SMILES string of the molecule is Cc1cc(-c2cnn3c(N)c(Br)c(C4CCCNC4)nc23)co1. The van der Waals surface area contributed by atoms with Gasteiger partial charge in [0.25, 0.3) is 0 Å². The van der Waals surface area contributed by atoms with Gasteiger partial charge in [0.2, 0.25) is 0 Å². The highest BCUT2D eigenvalue weighted by atomic mass is 79.9. The molecular formula is C16H18BrN5O. The summed E-state index contributed by atoms with van der Waals surface area (Å²) in [4.78, 5) is 4.90. The number of aryl methyl sites for hydroxylation is 1. The monoisotopic (exact) mass is 375 g/mol. The highest BCUT2D eigenvalue weighted by Crippen LogP contribution is 2.35. The van der Waals surface area contributed by atoms with E-state index < -0.39 is 0 Å². The molecule has 23 heavy (non-hydrogen) atoms.